The summed E-state index contributed by atoms with van der Waals surface area (Å²) in [6.07, 6.45) is 6.08. The topological polar surface area (TPSA) is 48.5 Å². The monoisotopic (exact) mass is 303 g/mol. The second-order valence-corrected chi connectivity index (χ2v) is 5.19. The van der Waals surface area contributed by atoms with Gasteiger partial charge in [-0.25, -0.2) is 9.38 Å². The van der Waals surface area contributed by atoms with Crippen molar-refractivity contribution in [1.82, 2.24) is 0 Å². The van der Waals surface area contributed by atoms with Gasteiger partial charge in [-0.15, -0.1) is 0 Å². The van der Waals surface area contributed by atoms with Crippen LogP contribution in [0.15, 0.2) is 64.6 Å². The molecule has 0 saturated carbocycles. The molecule has 0 saturated heterocycles. The van der Waals surface area contributed by atoms with E-state index in [4.69, 9.17) is 5.26 Å². The Morgan fingerprint density at radius 3 is 2.48 bits per heavy atom. The van der Waals surface area contributed by atoms with Crippen molar-refractivity contribution in [3.05, 3.63) is 77.1 Å². The molecule has 1 aliphatic heterocycles. The first-order chi connectivity index (χ1) is 11.3. The third-order valence-corrected chi connectivity index (χ3v) is 3.66. The highest BCUT2D eigenvalue weighted by Crippen LogP contribution is 2.23. The van der Waals surface area contributed by atoms with E-state index in [1.54, 1.807) is 36.8 Å². The summed E-state index contributed by atoms with van der Waals surface area (Å²) in [6, 6.07) is 15.9. The Morgan fingerprint density at radius 2 is 1.87 bits per heavy atom. The quantitative estimate of drug-likeness (QED) is 0.847. The van der Waals surface area contributed by atoms with Crippen molar-refractivity contribution in [1.29, 1.82) is 5.26 Å². The predicted molar refractivity (Wildman–Crippen MR) is 90.0 cm³/mol. The average Bonchev–Trinajstić information content (AvgIpc) is 3.12. The SMILES string of the molecule is N#Cc1ccc(/C(=C\Cc2ccc(F)cc2)C2C=NC=N2)cc1. The van der Waals surface area contributed by atoms with Crippen molar-refractivity contribution in [3.8, 4) is 6.07 Å². The van der Waals surface area contributed by atoms with Gasteiger partial charge in [0.05, 0.1) is 11.6 Å². The van der Waals surface area contributed by atoms with Crippen LogP contribution in [0.4, 0.5) is 4.39 Å². The zero-order chi connectivity index (χ0) is 16.1. The van der Waals surface area contributed by atoms with Crippen LogP contribution in [0.2, 0.25) is 0 Å². The minimum absolute atomic E-state index is 0.122. The second kappa shape index (κ2) is 6.80. The third-order valence-electron chi connectivity index (χ3n) is 3.66. The lowest BCUT2D eigenvalue weighted by atomic mass is 9.96. The van der Waals surface area contributed by atoms with E-state index in [1.807, 2.05) is 12.1 Å². The molecular weight excluding hydrogens is 289 g/mol. The molecule has 0 spiro atoms. The lowest BCUT2D eigenvalue weighted by Gasteiger charge is -2.11. The summed E-state index contributed by atoms with van der Waals surface area (Å²) in [5, 5.41) is 8.91. The zero-order valence-electron chi connectivity index (χ0n) is 12.4. The lowest BCUT2D eigenvalue weighted by molar-refractivity contribution is 0.627. The van der Waals surface area contributed by atoms with Gasteiger partial charge < -0.3 is 0 Å². The van der Waals surface area contributed by atoms with Crippen molar-refractivity contribution in [3.63, 3.8) is 0 Å². The average molecular weight is 303 g/mol. The molecule has 1 unspecified atom stereocenters. The zero-order valence-corrected chi connectivity index (χ0v) is 12.4. The molecule has 4 heteroatoms. The molecule has 2 aromatic rings. The first-order valence-corrected chi connectivity index (χ1v) is 7.26. The molecule has 1 aliphatic rings. The van der Waals surface area contributed by atoms with E-state index in [1.165, 1.54) is 12.1 Å². The standard InChI is InChI=1S/C19H14FN3/c20-17-8-3-14(4-9-17)5-10-18(19-12-22-13-23-19)16-6-1-15(11-21)2-7-16/h1-4,6-10,12-13,19H,5H2/b18-10+. The number of halogens is 1. The summed E-state index contributed by atoms with van der Waals surface area (Å²) in [5.41, 5.74) is 3.67. The summed E-state index contributed by atoms with van der Waals surface area (Å²) in [6.45, 7) is 0. The van der Waals surface area contributed by atoms with E-state index in [9.17, 15) is 4.39 Å². The summed E-state index contributed by atoms with van der Waals surface area (Å²) in [4.78, 5) is 8.39. The fourth-order valence-corrected chi connectivity index (χ4v) is 2.42. The number of nitrogens with zero attached hydrogens (tertiary/aromatic N) is 3. The van der Waals surface area contributed by atoms with Crippen LogP contribution >= 0.6 is 0 Å². The molecule has 0 aliphatic carbocycles. The Kier molecular flexibility index (Phi) is 4.39. The Labute approximate surface area is 134 Å². The smallest absolute Gasteiger partial charge is 0.123 e. The van der Waals surface area contributed by atoms with Crippen LogP contribution in [-0.2, 0) is 6.42 Å². The number of nitriles is 1. The minimum atomic E-state index is -0.238. The largest absolute Gasteiger partial charge is 0.260 e. The maximum atomic E-state index is 13.0. The van der Waals surface area contributed by atoms with Crippen molar-refractivity contribution in [2.75, 3.05) is 0 Å². The van der Waals surface area contributed by atoms with Gasteiger partial charge >= 0.3 is 0 Å². The van der Waals surface area contributed by atoms with E-state index < -0.39 is 0 Å². The number of hydrogen-bond acceptors (Lipinski definition) is 3. The van der Waals surface area contributed by atoms with Crippen LogP contribution in [0.5, 0.6) is 0 Å². The molecule has 0 bridgehead atoms. The fourth-order valence-electron chi connectivity index (χ4n) is 2.42. The lowest BCUT2D eigenvalue weighted by Crippen LogP contribution is -2.07. The molecule has 3 nitrogen and oxygen atoms in total. The van der Waals surface area contributed by atoms with Gasteiger partial charge in [0.15, 0.2) is 0 Å². The Hall–Kier alpha value is -3.06. The van der Waals surface area contributed by atoms with E-state index in [-0.39, 0.29) is 11.9 Å². The van der Waals surface area contributed by atoms with Gasteiger partial charge in [-0.2, -0.15) is 5.26 Å². The number of rotatable bonds is 4. The van der Waals surface area contributed by atoms with Crippen LogP contribution in [-0.4, -0.2) is 18.6 Å². The van der Waals surface area contributed by atoms with Crippen LogP contribution in [0.25, 0.3) is 5.57 Å². The highest BCUT2D eigenvalue weighted by Gasteiger charge is 2.14. The highest BCUT2D eigenvalue weighted by molar-refractivity contribution is 5.94. The van der Waals surface area contributed by atoms with Gasteiger partial charge in [0.25, 0.3) is 0 Å². The van der Waals surface area contributed by atoms with Gasteiger partial charge in [-0.1, -0.05) is 30.3 Å². The van der Waals surface area contributed by atoms with Crippen LogP contribution < -0.4 is 0 Å². The van der Waals surface area contributed by atoms with E-state index in [0.717, 1.165) is 16.7 Å². The van der Waals surface area contributed by atoms with E-state index in [0.29, 0.717) is 12.0 Å². The third kappa shape index (κ3) is 3.58. The second-order valence-electron chi connectivity index (χ2n) is 5.19. The van der Waals surface area contributed by atoms with Crippen molar-refractivity contribution in [2.45, 2.75) is 12.5 Å². The first-order valence-electron chi connectivity index (χ1n) is 7.26. The molecule has 0 N–H and O–H groups in total. The molecule has 0 amide bonds. The van der Waals surface area contributed by atoms with Crippen LogP contribution in [0.3, 0.4) is 0 Å². The molecule has 112 valence electrons. The number of hydrogen-bond donors (Lipinski definition) is 0. The Bertz CT molecular complexity index is 797. The summed E-state index contributed by atoms with van der Waals surface area (Å²) in [7, 11) is 0. The normalized spacial score (nSPS) is 16.5. The summed E-state index contributed by atoms with van der Waals surface area (Å²) in [5.74, 6) is -0.238. The molecule has 0 fully saturated rings. The maximum Gasteiger partial charge on any atom is 0.123 e. The number of allylic oxidation sites excluding steroid dienone is 1. The van der Waals surface area contributed by atoms with Crippen molar-refractivity contribution in [2.24, 2.45) is 9.98 Å². The molecule has 2 aromatic carbocycles. The fraction of sp³-hybridized carbons (Fsp3) is 0.105. The van der Waals surface area contributed by atoms with E-state index >= 15 is 0 Å². The predicted octanol–water partition coefficient (Wildman–Crippen LogP) is 3.80. The van der Waals surface area contributed by atoms with Gasteiger partial charge in [0.2, 0.25) is 0 Å². The molecule has 0 radical (unpaired) electrons. The Balaban J connectivity index is 1.90. The summed E-state index contributed by atoms with van der Waals surface area (Å²) < 4.78 is 13.0. The molecular formula is C19H14FN3. The number of aliphatic imine (C=N–C) groups is 2. The molecule has 1 heterocycles. The van der Waals surface area contributed by atoms with Crippen molar-refractivity contribution < 1.29 is 4.39 Å². The van der Waals surface area contributed by atoms with Crippen LogP contribution in [0, 0.1) is 17.1 Å². The molecule has 0 aromatic heterocycles. The number of benzene rings is 2. The minimum Gasteiger partial charge on any atom is -0.260 e. The molecule has 23 heavy (non-hydrogen) atoms. The van der Waals surface area contributed by atoms with Gasteiger partial charge in [-0.05, 0) is 47.4 Å². The molecule has 3 rings (SSSR count). The van der Waals surface area contributed by atoms with Gasteiger partial charge in [0, 0.05) is 6.21 Å². The van der Waals surface area contributed by atoms with E-state index in [2.05, 4.69) is 22.1 Å². The Morgan fingerprint density at radius 1 is 1.13 bits per heavy atom. The van der Waals surface area contributed by atoms with Gasteiger partial charge in [0.1, 0.15) is 18.2 Å². The first kappa shape index (κ1) is 14.9. The highest BCUT2D eigenvalue weighted by atomic mass is 19.1. The van der Waals surface area contributed by atoms with Crippen molar-refractivity contribution >= 4 is 18.1 Å². The molecule has 1 atom stereocenters. The van der Waals surface area contributed by atoms with Gasteiger partial charge in [-0.3, -0.25) is 4.99 Å². The van der Waals surface area contributed by atoms with Crippen LogP contribution in [0.1, 0.15) is 16.7 Å². The summed E-state index contributed by atoms with van der Waals surface area (Å²) >= 11 is 0. The maximum absolute atomic E-state index is 13.0.